The van der Waals surface area contributed by atoms with Crippen LogP contribution in [-0.2, 0) is 4.43 Å². The van der Waals surface area contributed by atoms with E-state index in [-0.39, 0.29) is 0 Å². The van der Waals surface area contributed by atoms with E-state index >= 15 is 0 Å². The third-order valence-electron chi connectivity index (χ3n) is 0.790. The maximum atomic E-state index is 5.54. The summed E-state index contributed by atoms with van der Waals surface area (Å²) in [5, 5.41) is 0. The Morgan fingerprint density at radius 3 is 2.20 bits per heavy atom. The van der Waals surface area contributed by atoms with E-state index in [4.69, 9.17) is 4.43 Å². The molecule has 0 heterocycles. The molecule has 0 saturated carbocycles. The lowest BCUT2D eigenvalue weighted by Gasteiger charge is -2.18. The molecule has 0 rings (SSSR count). The summed E-state index contributed by atoms with van der Waals surface area (Å²) in [6.07, 6.45) is 3.82. The second-order valence-corrected chi connectivity index (χ2v) is 7.61. The molecule has 0 aromatic rings. The van der Waals surface area contributed by atoms with E-state index in [9.17, 15) is 0 Å². The molecule has 0 bridgehead atoms. The van der Waals surface area contributed by atoms with Gasteiger partial charge in [-0.15, -0.1) is 0 Å². The highest BCUT2D eigenvalue weighted by atomic mass is 28.4. The Labute approximate surface area is 64.5 Å². The second kappa shape index (κ2) is 3.61. The van der Waals surface area contributed by atoms with E-state index in [1.54, 1.807) is 0 Å². The fourth-order valence-electron chi connectivity index (χ4n) is 0.613. The van der Waals surface area contributed by atoms with E-state index in [1.807, 2.05) is 19.1 Å². The summed E-state index contributed by atoms with van der Waals surface area (Å²) < 4.78 is 5.54. The van der Waals surface area contributed by atoms with Crippen molar-refractivity contribution in [3.8, 4) is 0 Å². The highest BCUT2D eigenvalue weighted by molar-refractivity contribution is 6.70. The molecule has 58 valence electrons. The Hall–Kier alpha value is -0.503. The molecule has 1 nitrogen and oxygen atoms in total. The normalized spacial score (nSPS) is 12.0. The van der Waals surface area contributed by atoms with Crippen molar-refractivity contribution < 1.29 is 4.43 Å². The number of hydrogen-bond donors (Lipinski definition) is 0. The fraction of sp³-hybridized carbons (Fsp3) is 0.500. The Kier molecular flexibility index (Phi) is 3.43. The van der Waals surface area contributed by atoms with Gasteiger partial charge in [0.15, 0.2) is 0 Å². The quantitative estimate of drug-likeness (QED) is 0.347. The zero-order chi connectivity index (χ0) is 8.20. The molecular weight excluding hydrogens is 140 g/mol. The van der Waals surface area contributed by atoms with E-state index in [0.717, 1.165) is 5.76 Å². The molecule has 0 fully saturated rings. The topological polar surface area (TPSA) is 9.23 Å². The third-order valence-corrected chi connectivity index (χ3v) is 1.66. The molecule has 0 aliphatic heterocycles. The van der Waals surface area contributed by atoms with Gasteiger partial charge in [0.25, 0.3) is 0 Å². The van der Waals surface area contributed by atoms with Crippen molar-refractivity contribution in [2.75, 3.05) is 0 Å². The fourth-order valence-corrected chi connectivity index (χ4v) is 1.47. The predicted octanol–water partition coefficient (Wildman–Crippen LogP) is 2.93. The van der Waals surface area contributed by atoms with Crippen molar-refractivity contribution in [3.05, 3.63) is 24.5 Å². The van der Waals surface area contributed by atoms with Crippen LogP contribution in [0.15, 0.2) is 24.5 Å². The molecule has 0 aliphatic carbocycles. The predicted molar refractivity (Wildman–Crippen MR) is 48.4 cm³/mol. The van der Waals surface area contributed by atoms with Gasteiger partial charge in [-0.1, -0.05) is 12.7 Å². The van der Waals surface area contributed by atoms with E-state index in [1.165, 1.54) is 0 Å². The molecule has 0 aliphatic rings. The molecule has 0 aromatic carbocycles. The van der Waals surface area contributed by atoms with Gasteiger partial charge < -0.3 is 4.43 Å². The van der Waals surface area contributed by atoms with Crippen LogP contribution < -0.4 is 0 Å². The lowest BCUT2D eigenvalue weighted by atomic mass is 10.5. The Morgan fingerprint density at radius 1 is 1.40 bits per heavy atom. The van der Waals surface area contributed by atoms with Gasteiger partial charge in [-0.2, -0.15) is 0 Å². The Morgan fingerprint density at radius 2 is 1.90 bits per heavy atom. The summed E-state index contributed by atoms with van der Waals surface area (Å²) in [5.74, 6) is 0.779. The Bertz CT molecular complexity index is 142. The molecule has 10 heavy (non-hydrogen) atoms. The molecular formula is C8H16OSi. The van der Waals surface area contributed by atoms with Crippen LogP contribution in [0.3, 0.4) is 0 Å². The highest BCUT2D eigenvalue weighted by Gasteiger charge is 2.15. The molecule has 0 radical (unpaired) electrons. The van der Waals surface area contributed by atoms with Crippen LogP contribution in [0.25, 0.3) is 0 Å². The third kappa shape index (κ3) is 5.63. The van der Waals surface area contributed by atoms with Crippen molar-refractivity contribution in [3.63, 3.8) is 0 Å². The standard InChI is InChI=1S/C8H16OSi/c1-6-7-8(2)9-10(3,4)5/h6-7H,2H2,1,3-5H3/b7-6-. The molecule has 0 spiro atoms. The van der Waals surface area contributed by atoms with Crippen LogP contribution in [0.2, 0.25) is 19.6 Å². The molecule has 0 unspecified atom stereocenters. The summed E-state index contributed by atoms with van der Waals surface area (Å²) in [6, 6.07) is 0. The number of hydrogen-bond acceptors (Lipinski definition) is 1. The molecule has 0 amide bonds. The first-order valence-electron chi connectivity index (χ1n) is 3.46. The minimum atomic E-state index is -1.41. The van der Waals surface area contributed by atoms with Gasteiger partial charge in [0.1, 0.15) is 0 Å². The van der Waals surface area contributed by atoms with Crippen molar-refractivity contribution in [1.82, 2.24) is 0 Å². The highest BCUT2D eigenvalue weighted by Crippen LogP contribution is 2.08. The number of rotatable bonds is 3. The van der Waals surface area contributed by atoms with Gasteiger partial charge in [0.05, 0.1) is 5.76 Å². The lowest BCUT2D eigenvalue weighted by molar-refractivity contribution is 0.444. The van der Waals surface area contributed by atoms with Crippen LogP contribution in [0.1, 0.15) is 6.92 Å². The zero-order valence-electron chi connectivity index (χ0n) is 7.27. The monoisotopic (exact) mass is 156 g/mol. The van der Waals surface area contributed by atoms with Crippen molar-refractivity contribution in [1.29, 1.82) is 0 Å². The lowest BCUT2D eigenvalue weighted by Crippen LogP contribution is -2.23. The zero-order valence-corrected chi connectivity index (χ0v) is 8.27. The molecule has 2 heteroatoms. The van der Waals surface area contributed by atoms with E-state index in [2.05, 4.69) is 26.2 Å². The average Bonchev–Trinajstić information content (AvgIpc) is 1.59. The summed E-state index contributed by atoms with van der Waals surface area (Å²) in [5.41, 5.74) is 0. The largest absolute Gasteiger partial charge is 0.545 e. The van der Waals surface area contributed by atoms with Gasteiger partial charge in [0, 0.05) is 0 Å². The minimum absolute atomic E-state index is 0.779. The maximum Gasteiger partial charge on any atom is 0.242 e. The van der Waals surface area contributed by atoms with Gasteiger partial charge in [-0.05, 0) is 32.6 Å². The minimum Gasteiger partial charge on any atom is -0.545 e. The van der Waals surface area contributed by atoms with Gasteiger partial charge >= 0.3 is 0 Å². The summed E-state index contributed by atoms with van der Waals surface area (Å²) in [4.78, 5) is 0. The Balaban J connectivity index is 3.81. The van der Waals surface area contributed by atoms with Gasteiger partial charge in [0.2, 0.25) is 8.32 Å². The van der Waals surface area contributed by atoms with Gasteiger partial charge in [-0.3, -0.25) is 0 Å². The first kappa shape index (κ1) is 9.50. The van der Waals surface area contributed by atoms with Crippen LogP contribution in [-0.4, -0.2) is 8.32 Å². The van der Waals surface area contributed by atoms with Gasteiger partial charge in [-0.25, -0.2) is 0 Å². The maximum absolute atomic E-state index is 5.54. The van der Waals surface area contributed by atoms with Crippen LogP contribution in [0.5, 0.6) is 0 Å². The van der Waals surface area contributed by atoms with Crippen molar-refractivity contribution in [2.24, 2.45) is 0 Å². The van der Waals surface area contributed by atoms with Crippen LogP contribution in [0.4, 0.5) is 0 Å². The first-order chi connectivity index (χ1) is 4.45. The van der Waals surface area contributed by atoms with E-state index < -0.39 is 8.32 Å². The summed E-state index contributed by atoms with van der Waals surface area (Å²) in [7, 11) is -1.41. The second-order valence-electron chi connectivity index (χ2n) is 3.18. The summed E-state index contributed by atoms with van der Waals surface area (Å²) >= 11 is 0. The van der Waals surface area contributed by atoms with Crippen LogP contribution >= 0.6 is 0 Å². The van der Waals surface area contributed by atoms with Crippen LogP contribution in [0, 0.1) is 0 Å². The molecule has 0 saturated heterocycles. The van der Waals surface area contributed by atoms with E-state index in [0.29, 0.717) is 0 Å². The smallest absolute Gasteiger partial charge is 0.242 e. The first-order valence-corrected chi connectivity index (χ1v) is 6.87. The number of allylic oxidation sites excluding steroid dienone is 2. The average molecular weight is 156 g/mol. The molecule has 0 aromatic heterocycles. The SMILES string of the molecule is C=C(/C=C\C)O[Si](C)(C)C. The summed E-state index contributed by atoms with van der Waals surface area (Å²) in [6.45, 7) is 12.1. The van der Waals surface area contributed by atoms with Crippen molar-refractivity contribution in [2.45, 2.75) is 26.6 Å². The van der Waals surface area contributed by atoms with Crippen molar-refractivity contribution >= 4 is 8.32 Å². The molecule has 0 atom stereocenters. The molecule has 0 N–H and O–H groups in total.